The zero-order valence-corrected chi connectivity index (χ0v) is 13.7. The SMILES string of the molecule is CCOc1ccc(C2CCCN2c2nc(C3CC3)ns2)cc1. The van der Waals surface area contributed by atoms with Crippen molar-refractivity contribution in [2.45, 2.75) is 44.6 Å². The molecule has 2 aliphatic rings. The molecule has 0 spiro atoms. The van der Waals surface area contributed by atoms with E-state index in [1.807, 2.05) is 6.92 Å². The van der Waals surface area contributed by atoms with E-state index in [1.165, 1.54) is 31.2 Å². The van der Waals surface area contributed by atoms with Crippen molar-refractivity contribution >= 4 is 16.7 Å². The number of ether oxygens (including phenoxy) is 1. The Bertz CT molecular complexity index is 636. The number of hydrogen-bond acceptors (Lipinski definition) is 5. The van der Waals surface area contributed by atoms with E-state index < -0.39 is 0 Å². The summed E-state index contributed by atoms with van der Waals surface area (Å²) >= 11 is 1.56. The lowest BCUT2D eigenvalue weighted by atomic mass is 10.0. The maximum absolute atomic E-state index is 5.54. The van der Waals surface area contributed by atoms with E-state index >= 15 is 0 Å². The second-order valence-corrected chi connectivity index (χ2v) is 6.79. The fourth-order valence-corrected chi connectivity index (χ4v) is 3.97. The summed E-state index contributed by atoms with van der Waals surface area (Å²) in [5, 5.41) is 1.10. The Kier molecular flexibility index (Phi) is 3.74. The Morgan fingerprint density at radius 2 is 2.05 bits per heavy atom. The first kappa shape index (κ1) is 14.0. The molecule has 0 bridgehead atoms. The van der Waals surface area contributed by atoms with Gasteiger partial charge in [-0.2, -0.15) is 4.37 Å². The molecule has 1 aromatic heterocycles. The minimum atomic E-state index is 0.427. The predicted molar refractivity (Wildman–Crippen MR) is 88.8 cm³/mol. The van der Waals surface area contributed by atoms with E-state index in [2.05, 4.69) is 33.5 Å². The fraction of sp³-hybridized carbons (Fsp3) is 0.529. The number of nitrogens with zero attached hydrogens (tertiary/aromatic N) is 3. The second-order valence-electron chi connectivity index (χ2n) is 6.06. The summed E-state index contributed by atoms with van der Waals surface area (Å²) in [6.45, 7) is 3.81. The van der Waals surface area contributed by atoms with Crippen molar-refractivity contribution in [2.24, 2.45) is 0 Å². The van der Waals surface area contributed by atoms with Crippen molar-refractivity contribution < 1.29 is 4.74 Å². The molecule has 2 aromatic rings. The van der Waals surface area contributed by atoms with Crippen LogP contribution in [0.5, 0.6) is 5.75 Å². The van der Waals surface area contributed by atoms with Gasteiger partial charge in [-0.25, -0.2) is 4.98 Å². The maximum Gasteiger partial charge on any atom is 0.205 e. The first-order valence-corrected chi connectivity index (χ1v) is 8.95. The van der Waals surface area contributed by atoms with Gasteiger partial charge in [-0.05, 0) is 50.3 Å². The molecule has 1 aromatic carbocycles. The lowest BCUT2D eigenvalue weighted by Crippen LogP contribution is -2.22. The van der Waals surface area contributed by atoms with Gasteiger partial charge in [0, 0.05) is 24.0 Å². The van der Waals surface area contributed by atoms with Crippen LogP contribution in [0.25, 0.3) is 0 Å². The van der Waals surface area contributed by atoms with E-state index in [0.717, 1.165) is 23.3 Å². The van der Waals surface area contributed by atoms with Crippen LogP contribution >= 0.6 is 11.5 Å². The fourth-order valence-electron chi connectivity index (χ4n) is 3.15. The molecule has 4 nitrogen and oxygen atoms in total. The van der Waals surface area contributed by atoms with Crippen molar-refractivity contribution in [3.8, 4) is 5.75 Å². The third-order valence-electron chi connectivity index (χ3n) is 4.45. The van der Waals surface area contributed by atoms with Gasteiger partial charge < -0.3 is 9.64 Å². The molecule has 0 radical (unpaired) electrons. The summed E-state index contributed by atoms with van der Waals surface area (Å²) in [6, 6.07) is 8.96. The van der Waals surface area contributed by atoms with E-state index in [1.54, 1.807) is 11.5 Å². The number of rotatable bonds is 5. The van der Waals surface area contributed by atoms with Crippen molar-refractivity contribution in [3.63, 3.8) is 0 Å². The van der Waals surface area contributed by atoms with Crippen LogP contribution in [-0.4, -0.2) is 22.5 Å². The number of anilines is 1. The largest absolute Gasteiger partial charge is 0.494 e. The maximum atomic E-state index is 5.54. The molecule has 2 fully saturated rings. The number of aromatic nitrogens is 2. The van der Waals surface area contributed by atoms with Crippen LogP contribution in [0.3, 0.4) is 0 Å². The van der Waals surface area contributed by atoms with Crippen LogP contribution < -0.4 is 9.64 Å². The standard InChI is InChI=1S/C17H21N3OS/c1-2-21-14-9-7-12(8-10-14)15-4-3-11-20(15)17-18-16(19-22-17)13-5-6-13/h7-10,13,15H,2-6,11H2,1H3. The molecule has 5 heteroatoms. The summed E-state index contributed by atoms with van der Waals surface area (Å²) in [4.78, 5) is 7.22. The molecule has 0 amide bonds. The van der Waals surface area contributed by atoms with Gasteiger partial charge in [-0.15, -0.1) is 0 Å². The number of hydrogen-bond donors (Lipinski definition) is 0. The minimum absolute atomic E-state index is 0.427. The highest BCUT2D eigenvalue weighted by atomic mass is 32.1. The molecule has 1 unspecified atom stereocenters. The molecule has 1 aliphatic carbocycles. The molecule has 1 saturated heterocycles. The van der Waals surface area contributed by atoms with Crippen LogP contribution in [0.15, 0.2) is 24.3 Å². The summed E-state index contributed by atoms with van der Waals surface area (Å²) in [5.41, 5.74) is 1.35. The van der Waals surface area contributed by atoms with E-state index in [4.69, 9.17) is 9.72 Å². The zero-order chi connectivity index (χ0) is 14.9. The Labute approximate surface area is 135 Å². The van der Waals surface area contributed by atoms with Gasteiger partial charge in [-0.1, -0.05) is 12.1 Å². The smallest absolute Gasteiger partial charge is 0.205 e. The summed E-state index contributed by atoms with van der Waals surface area (Å²) in [5.74, 6) is 2.65. The van der Waals surface area contributed by atoms with Crippen LogP contribution in [0.4, 0.5) is 5.13 Å². The van der Waals surface area contributed by atoms with Crippen LogP contribution in [0.1, 0.15) is 56.0 Å². The summed E-state index contributed by atoms with van der Waals surface area (Å²) in [6.07, 6.45) is 4.93. The van der Waals surface area contributed by atoms with Gasteiger partial charge in [0.25, 0.3) is 0 Å². The average Bonchev–Trinajstić information content (AvgIpc) is 3.09. The van der Waals surface area contributed by atoms with Gasteiger partial charge >= 0.3 is 0 Å². The van der Waals surface area contributed by atoms with Crippen LogP contribution in [0.2, 0.25) is 0 Å². The highest BCUT2D eigenvalue weighted by molar-refractivity contribution is 7.09. The molecule has 2 heterocycles. The average molecular weight is 315 g/mol. The molecule has 1 atom stereocenters. The van der Waals surface area contributed by atoms with Crippen molar-refractivity contribution in [1.82, 2.24) is 9.36 Å². The van der Waals surface area contributed by atoms with Gasteiger partial charge in [-0.3, -0.25) is 0 Å². The molecule has 4 rings (SSSR count). The Hall–Kier alpha value is -1.62. The molecule has 116 valence electrons. The van der Waals surface area contributed by atoms with Crippen molar-refractivity contribution in [1.29, 1.82) is 0 Å². The summed E-state index contributed by atoms with van der Waals surface area (Å²) in [7, 11) is 0. The Morgan fingerprint density at radius 3 is 2.77 bits per heavy atom. The molecule has 1 aliphatic heterocycles. The summed E-state index contributed by atoms with van der Waals surface area (Å²) < 4.78 is 10.1. The van der Waals surface area contributed by atoms with Gasteiger partial charge in [0.05, 0.1) is 12.6 Å². The van der Waals surface area contributed by atoms with E-state index in [0.29, 0.717) is 18.6 Å². The monoisotopic (exact) mass is 315 g/mol. The van der Waals surface area contributed by atoms with Crippen LogP contribution in [-0.2, 0) is 0 Å². The normalized spacial score (nSPS) is 21.3. The molecular weight excluding hydrogens is 294 g/mol. The molecule has 22 heavy (non-hydrogen) atoms. The highest BCUT2D eigenvalue weighted by Gasteiger charge is 2.32. The zero-order valence-electron chi connectivity index (χ0n) is 12.9. The Morgan fingerprint density at radius 1 is 1.23 bits per heavy atom. The van der Waals surface area contributed by atoms with Crippen molar-refractivity contribution in [2.75, 3.05) is 18.1 Å². The first-order chi connectivity index (χ1) is 10.8. The lowest BCUT2D eigenvalue weighted by Gasteiger charge is -2.24. The first-order valence-electron chi connectivity index (χ1n) is 8.18. The minimum Gasteiger partial charge on any atom is -0.494 e. The van der Waals surface area contributed by atoms with Crippen molar-refractivity contribution in [3.05, 3.63) is 35.7 Å². The van der Waals surface area contributed by atoms with E-state index in [9.17, 15) is 0 Å². The molecule has 1 saturated carbocycles. The van der Waals surface area contributed by atoms with Gasteiger partial charge in [0.15, 0.2) is 0 Å². The van der Waals surface area contributed by atoms with Crippen LogP contribution in [0, 0.1) is 0 Å². The second kappa shape index (κ2) is 5.88. The number of benzene rings is 1. The highest BCUT2D eigenvalue weighted by Crippen LogP contribution is 2.42. The van der Waals surface area contributed by atoms with Gasteiger partial charge in [0.2, 0.25) is 5.13 Å². The topological polar surface area (TPSA) is 38.2 Å². The third-order valence-corrected chi connectivity index (χ3v) is 5.22. The quantitative estimate of drug-likeness (QED) is 0.830. The third kappa shape index (κ3) is 2.70. The van der Waals surface area contributed by atoms with Gasteiger partial charge in [0.1, 0.15) is 11.6 Å². The Balaban J connectivity index is 1.54. The lowest BCUT2D eigenvalue weighted by molar-refractivity contribution is 0.340. The van der Waals surface area contributed by atoms with E-state index in [-0.39, 0.29) is 0 Å². The predicted octanol–water partition coefficient (Wildman–Crippen LogP) is 4.16. The molecule has 0 N–H and O–H groups in total. The molecular formula is C17H21N3OS.